The molecule has 3 aromatic heterocycles. The van der Waals surface area contributed by atoms with E-state index in [0.717, 1.165) is 37.2 Å². The zero-order chi connectivity index (χ0) is 31.5. The highest BCUT2D eigenvalue weighted by atomic mass is 32.2. The van der Waals surface area contributed by atoms with E-state index in [1.54, 1.807) is 35.5 Å². The van der Waals surface area contributed by atoms with Crippen LogP contribution in [0.5, 0.6) is 5.75 Å². The minimum absolute atomic E-state index is 0.0701. The van der Waals surface area contributed by atoms with Crippen molar-refractivity contribution in [3.8, 4) is 23.1 Å². The summed E-state index contributed by atoms with van der Waals surface area (Å²) in [4.78, 5) is 36.0. The lowest BCUT2D eigenvalue weighted by Crippen LogP contribution is -2.46. The SMILES string of the molecule is CSc1ccc(OC(F)F)c(-c2nn(CC(=O)N3CCC(N4CCC(C#N)C4)CC3)cc2NC(=O)c2cnn3cccnc23)c1. The number of rotatable bonds is 9. The Balaban J connectivity index is 1.25. The maximum Gasteiger partial charge on any atom is 0.387 e. The summed E-state index contributed by atoms with van der Waals surface area (Å²) in [5, 5.41) is 20.8. The van der Waals surface area contributed by atoms with Crippen molar-refractivity contribution >= 4 is 34.9 Å². The van der Waals surface area contributed by atoms with Gasteiger partial charge in [0.05, 0.1) is 23.9 Å². The third-order valence-corrected chi connectivity index (χ3v) is 8.95. The monoisotopic (exact) mass is 635 g/mol. The Labute approximate surface area is 261 Å². The van der Waals surface area contributed by atoms with Gasteiger partial charge in [-0.3, -0.25) is 19.2 Å². The van der Waals surface area contributed by atoms with Crippen molar-refractivity contribution in [2.75, 3.05) is 37.8 Å². The number of amides is 2. The summed E-state index contributed by atoms with van der Waals surface area (Å²) in [6.45, 7) is -0.344. The molecule has 45 heavy (non-hydrogen) atoms. The quantitative estimate of drug-likeness (QED) is 0.271. The van der Waals surface area contributed by atoms with E-state index in [0.29, 0.717) is 24.8 Å². The fourth-order valence-corrected chi connectivity index (χ4v) is 6.37. The molecule has 1 unspecified atom stereocenters. The van der Waals surface area contributed by atoms with E-state index in [-0.39, 0.29) is 46.6 Å². The van der Waals surface area contributed by atoms with Gasteiger partial charge in [0, 0.05) is 54.7 Å². The predicted octanol–water partition coefficient (Wildman–Crippen LogP) is 4.00. The number of ether oxygens (including phenoxy) is 1. The van der Waals surface area contributed by atoms with Crippen molar-refractivity contribution in [3.05, 3.63) is 54.6 Å². The van der Waals surface area contributed by atoms with Gasteiger partial charge < -0.3 is 15.0 Å². The fraction of sp³-hybridized carbons (Fsp3) is 0.400. The van der Waals surface area contributed by atoms with Crippen LogP contribution < -0.4 is 10.1 Å². The lowest BCUT2D eigenvalue weighted by molar-refractivity contribution is -0.133. The summed E-state index contributed by atoms with van der Waals surface area (Å²) in [7, 11) is 0. The highest BCUT2D eigenvalue weighted by Gasteiger charge is 2.32. The van der Waals surface area contributed by atoms with Gasteiger partial charge in [-0.25, -0.2) is 9.50 Å². The van der Waals surface area contributed by atoms with E-state index in [9.17, 15) is 23.6 Å². The van der Waals surface area contributed by atoms with E-state index >= 15 is 0 Å². The molecule has 4 aromatic rings. The van der Waals surface area contributed by atoms with E-state index in [4.69, 9.17) is 4.74 Å². The summed E-state index contributed by atoms with van der Waals surface area (Å²) >= 11 is 1.41. The molecule has 2 saturated heterocycles. The first kappa shape index (κ1) is 30.5. The maximum absolute atomic E-state index is 13.4. The van der Waals surface area contributed by atoms with Gasteiger partial charge in [-0.2, -0.15) is 24.2 Å². The number of fused-ring (bicyclic) bond motifs is 1. The summed E-state index contributed by atoms with van der Waals surface area (Å²) in [5.41, 5.74) is 1.16. The summed E-state index contributed by atoms with van der Waals surface area (Å²) in [5.74, 6) is -0.725. The Morgan fingerprint density at radius 1 is 1.22 bits per heavy atom. The largest absolute Gasteiger partial charge is 0.434 e. The number of aromatic nitrogens is 5. The Kier molecular flexibility index (Phi) is 8.95. The normalized spacial score (nSPS) is 17.6. The number of nitrogens with zero attached hydrogens (tertiary/aromatic N) is 8. The van der Waals surface area contributed by atoms with Crippen molar-refractivity contribution in [2.45, 2.75) is 43.4 Å². The van der Waals surface area contributed by atoms with E-state index in [2.05, 4.69) is 31.5 Å². The molecule has 0 spiro atoms. The lowest BCUT2D eigenvalue weighted by Gasteiger charge is -2.36. The number of piperidine rings is 1. The first-order valence-corrected chi connectivity index (χ1v) is 15.8. The molecule has 1 N–H and O–H groups in total. The molecule has 2 amide bonds. The van der Waals surface area contributed by atoms with Crippen LogP contribution >= 0.6 is 11.8 Å². The third-order valence-electron chi connectivity index (χ3n) is 8.22. The zero-order valence-electron chi connectivity index (χ0n) is 24.5. The fourth-order valence-electron chi connectivity index (χ4n) is 5.93. The molecule has 0 bridgehead atoms. The number of hydrogen-bond acceptors (Lipinski definition) is 9. The van der Waals surface area contributed by atoms with Crippen molar-refractivity contribution in [1.29, 1.82) is 5.26 Å². The number of likely N-dealkylation sites (tertiary alicyclic amines) is 2. The number of carbonyl (C=O) groups is 2. The average molecular weight is 636 g/mol. The second kappa shape index (κ2) is 13.2. The molecule has 2 aliphatic rings. The van der Waals surface area contributed by atoms with Crippen LogP contribution in [0.15, 0.2) is 53.9 Å². The van der Waals surface area contributed by atoms with Gasteiger partial charge in [-0.05, 0) is 56.3 Å². The van der Waals surface area contributed by atoms with Crippen molar-refractivity contribution in [3.63, 3.8) is 0 Å². The molecule has 15 heteroatoms. The summed E-state index contributed by atoms with van der Waals surface area (Å²) < 4.78 is 34.5. The highest BCUT2D eigenvalue weighted by Crippen LogP contribution is 2.38. The Hall–Kier alpha value is -4.55. The van der Waals surface area contributed by atoms with Gasteiger partial charge in [-0.15, -0.1) is 11.8 Å². The first-order chi connectivity index (χ1) is 21.8. The molecule has 0 radical (unpaired) electrons. The van der Waals surface area contributed by atoms with Gasteiger partial charge in [-0.1, -0.05) is 0 Å². The van der Waals surface area contributed by atoms with Crippen LogP contribution in [-0.2, 0) is 11.3 Å². The Morgan fingerprint density at radius 3 is 2.78 bits per heavy atom. The number of alkyl halides is 2. The van der Waals surface area contributed by atoms with Crippen LogP contribution in [0.4, 0.5) is 14.5 Å². The van der Waals surface area contributed by atoms with Crippen LogP contribution in [-0.4, -0.2) is 91.1 Å². The van der Waals surface area contributed by atoms with Gasteiger partial charge in [0.1, 0.15) is 23.6 Å². The molecule has 0 aliphatic carbocycles. The van der Waals surface area contributed by atoms with Crippen LogP contribution in [0.2, 0.25) is 0 Å². The molecular formula is C30H31F2N9O3S. The van der Waals surface area contributed by atoms with Crippen molar-refractivity contribution in [1.82, 2.24) is 34.2 Å². The number of hydrogen-bond donors (Lipinski definition) is 1. The van der Waals surface area contributed by atoms with E-state index < -0.39 is 12.5 Å². The van der Waals surface area contributed by atoms with Crippen LogP contribution in [0, 0.1) is 17.2 Å². The average Bonchev–Trinajstić information content (AvgIpc) is 3.80. The van der Waals surface area contributed by atoms with Gasteiger partial charge in [0.15, 0.2) is 5.65 Å². The maximum atomic E-state index is 13.4. The van der Waals surface area contributed by atoms with Crippen molar-refractivity contribution < 1.29 is 23.1 Å². The lowest BCUT2D eigenvalue weighted by atomic mass is 10.0. The second-order valence-corrected chi connectivity index (χ2v) is 11.8. The first-order valence-electron chi connectivity index (χ1n) is 14.5. The molecule has 5 heterocycles. The molecule has 2 fully saturated rings. The predicted molar refractivity (Wildman–Crippen MR) is 162 cm³/mol. The molecule has 6 rings (SSSR count). The topological polar surface area (TPSA) is 134 Å². The highest BCUT2D eigenvalue weighted by molar-refractivity contribution is 7.98. The van der Waals surface area contributed by atoms with Gasteiger partial charge in [0.25, 0.3) is 5.91 Å². The number of carbonyl (C=O) groups excluding carboxylic acids is 2. The second-order valence-electron chi connectivity index (χ2n) is 11.0. The molecule has 1 aromatic carbocycles. The number of benzene rings is 1. The van der Waals surface area contributed by atoms with E-state index in [1.807, 2.05) is 6.26 Å². The number of halogens is 2. The molecule has 234 valence electrons. The standard InChI is InChI=1S/C30H31F2N9O3S/c1-45-21-3-4-25(44-30(31)32)22(13-21)27-24(36-29(43)23-15-35-41-9-2-8-34-28(23)41)17-40(37-27)18-26(42)38-11-6-20(7-12-38)39-10-5-19(14-33)16-39/h2-4,8-9,13,15,17,19-20,30H,5-7,10-12,16,18H2,1H3,(H,36,43). The Morgan fingerprint density at radius 2 is 2.04 bits per heavy atom. The molecule has 0 saturated carbocycles. The third kappa shape index (κ3) is 6.62. The molecule has 12 nitrogen and oxygen atoms in total. The van der Waals surface area contributed by atoms with Gasteiger partial charge >= 0.3 is 6.61 Å². The van der Waals surface area contributed by atoms with Crippen molar-refractivity contribution in [2.24, 2.45) is 5.92 Å². The molecule has 1 atom stereocenters. The summed E-state index contributed by atoms with van der Waals surface area (Å²) in [6.07, 6.45) is 10.5. The number of anilines is 1. The summed E-state index contributed by atoms with van der Waals surface area (Å²) in [6, 6.07) is 9.13. The number of nitrogens with one attached hydrogen (secondary N) is 1. The molecular weight excluding hydrogens is 604 g/mol. The van der Waals surface area contributed by atoms with Gasteiger partial charge in [0.2, 0.25) is 5.91 Å². The minimum Gasteiger partial charge on any atom is -0.434 e. The number of nitriles is 1. The molecule has 2 aliphatic heterocycles. The van der Waals surface area contributed by atoms with Crippen LogP contribution in [0.1, 0.15) is 29.6 Å². The Bertz CT molecular complexity index is 1750. The van der Waals surface area contributed by atoms with Crippen LogP contribution in [0.25, 0.3) is 16.9 Å². The smallest absolute Gasteiger partial charge is 0.387 e. The zero-order valence-corrected chi connectivity index (χ0v) is 25.3. The van der Waals surface area contributed by atoms with E-state index in [1.165, 1.54) is 39.4 Å². The minimum atomic E-state index is -3.08. The number of thioether (sulfide) groups is 1. The van der Waals surface area contributed by atoms with Crippen LogP contribution in [0.3, 0.4) is 0 Å².